The Morgan fingerprint density at radius 1 is 1.11 bits per heavy atom. The van der Waals surface area contributed by atoms with Crippen molar-refractivity contribution in [2.45, 2.75) is 37.9 Å². The largest absolute Gasteiger partial charge is 0.336 e. The van der Waals surface area contributed by atoms with Crippen molar-refractivity contribution in [3.8, 4) is 0 Å². The van der Waals surface area contributed by atoms with E-state index >= 15 is 0 Å². The third-order valence-corrected chi connectivity index (χ3v) is 3.97. The highest BCUT2D eigenvalue weighted by atomic mass is 19.1. The zero-order valence-electron chi connectivity index (χ0n) is 10.2. The number of carbonyl (C=O) groups excluding carboxylic acids is 1. The van der Waals surface area contributed by atoms with Gasteiger partial charge >= 0.3 is 0 Å². The van der Waals surface area contributed by atoms with Crippen LogP contribution in [0.4, 0.5) is 4.39 Å². The first kappa shape index (κ1) is 11.7. The van der Waals surface area contributed by atoms with Gasteiger partial charge < -0.3 is 5.32 Å². The molecule has 3 nitrogen and oxygen atoms in total. The average Bonchev–Trinajstić information content (AvgIpc) is 2.39. The van der Waals surface area contributed by atoms with Crippen LogP contribution in [0.25, 0.3) is 0 Å². The minimum atomic E-state index is -0.253. The minimum Gasteiger partial charge on any atom is -0.336 e. The van der Waals surface area contributed by atoms with Gasteiger partial charge in [-0.1, -0.05) is 25.0 Å². The maximum atomic E-state index is 12.9. The summed E-state index contributed by atoms with van der Waals surface area (Å²) in [6.07, 6.45) is 4.15. The number of hydrogen-bond acceptors (Lipinski definition) is 2. The van der Waals surface area contributed by atoms with E-state index < -0.39 is 0 Å². The van der Waals surface area contributed by atoms with E-state index in [9.17, 15) is 9.18 Å². The molecule has 1 aromatic rings. The van der Waals surface area contributed by atoms with Gasteiger partial charge in [0.2, 0.25) is 5.91 Å². The van der Waals surface area contributed by atoms with E-state index in [2.05, 4.69) is 10.6 Å². The van der Waals surface area contributed by atoms with Gasteiger partial charge in [-0.05, 0) is 30.5 Å². The lowest BCUT2D eigenvalue weighted by Gasteiger charge is -2.40. The van der Waals surface area contributed by atoms with Gasteiger partial charge in [-0.3, -0.25) is 10.1 Å². The van der Waals surface area contributed by atoms with Crippen LogP contribution in [0.2, 0.25) is 0 Å². The zero-order valence-corrected chi connectivity index (χ0v) is 10.2. The van der Waals surface area contributed by atoms with E-state index in [4.69, 9.17) is 0 Å². The predicted molar refractivity (Wildman–Crippen MR) is 66.2 cm³/mol. The quantitative estimate of drug-likeness (QED) is 0.799. The lowest BCUT2D eigenvalue weighted by atomic mass is 9.82. The fraction of sp³-hybridized carbons (Fsp3) is 0.500. The molecule has 4 heteroatoms. The van der Waals surface area contributed by atoms with Crippen LogP contribution in [0.5, 0.6) is 0 Å². The second-order valence-electron chi connectivity index (χ2n) is 5.16. The number of halogens is 1. The summed E-state index contributed by atoms with van der Waals surface area (Å²) in [6.45, 7) is 0. The number of fused-ring (bicyclic) bond motifs is 1. The monoisotopic (exact) mass is 248 g/mol. The lowest BCUT2D eigenvalue weighted by molar-refractivity contribution is -0.130. The maximum absolute atomic E-state index is 12.9. The summed E-state index contributed by atoms with van der Waals surface area (Å²) < 4.78 is 12.9. The first-order valence-corrected chi connectivity index (χ1v) is 6.56. The molecule has 1 saturated heterocycles. The van der Waals surface area contributed by atoms with Crippen LogP contribution in [0.15, 0.2) is 24.3 Å². The fourth-order valence-corrected chi connectivity index (χ4v) is 2.98. The summed E-state index contributed by atoms with van der Waals surface area (Å²) in [6, 6.07) is 6.56. The Balaban J connectivity index is 1.78. The molecule has 0 radical (unpaired) electrons. The Kier molecular flexibility index (Phi) is 3.04. The Bertz CT molecular complexity index is 446. The molecule has 2 N–H and O–H groups in total. The zero-order chi connectivity index (χ0) is 12.5. The van der Waals surface area contributed by atoms with Crippen LogP contribution < -0.4 is 10.6 Å². The first-order chi connectivity index (χ1) is 8.74. The van der Waals surface area contributed by atoms with Gasteiger partial charge in [-0.2, -0.15) is 0 Å². The number of nitrogens with one attached hydrogen (secondary N) is 2. The van der Waals surface area contributed by atoms with Crippen LogP contribution in [-0.4, -0.2) is 11.9 Å². The van der Waals surface area contributed by atoms with Crippen LogP contribution in [0.1, 0.15) is 37.4 Å². The lowest BCUT2D eigenvalue weighted by Crippen LogP contribution is -2.57. The van der Waals surface area contributed by atoms with E-state index in [0.717, 1.165) is 24.8 Å². The number of carbonyl (C=O) groups is 1. The summed E-state index contributed by atoms with van der Waals surface area (Å²) in [5, 5.41) is 6.45. The second kappa shape index (κ2) is 4.69. The van der Waals surface area contributed by atoms with Gasteiger partial charge in [0, 0.05) is 6.04 Å². The van der Waals surface area contributed by atoms with Crippen LogP contribution >= 0.6 is 0 Å². The third-order valence-electron chi connectivity index (χ3n) is 3.97. The molecule has 3 atom stereocenters. The summed E-state index contributed by atoms with van der Waals surface area (Å²) in [7, 11) is 0. The molecule has 0 spiro atoms. The Morgan fingerprint density at radius 2 is 1.83 bits per heavy atom. The fourth-order valence-electron chi connectivity index (χ4n) is 2.98. The summed E-state index contributed by atoms with van der Waals surface area (Å²) in [4.78, 5) is 12.1. The standard InChI is InChI=1S/C14H17FN2O/c15-10-7-5-9(6-8-10)13-16-12-4-2-1-3-11(12)14(18)17-13/h5-8,11-13,16H,1-4H2,(H,17,18). The SMILES string of the molecule is O=C1NC(c2ccc(F)cc2)NC2CCCCC12. The number of hydrogen-bond donors (Lipinski definition) is 2. The predicted octanol–water partition coefficient (Wildman–Crippen LogP) is 2.10. The van der Waals surface area contributed by atoms with Crippen molar-refractivity contribution in [3.63, 3.8) is 0 Å². The van der Waals surface area contributed by atoms with E-state index in [-0.39, 0.29) is 29.8 Å². The molecule has 0 aromatic heterocycles. The molecule has 18 heavy (non-hydrogen) atoms. The molecular formula is C14H17FN2O. The van der Waals surface area contributed by atoms with Gasteiger partial charge in [-0.15, -0.1) is 0 Å². The minimum absolute atomic E-state index is 0.107. The average molecular weight is 248 g/mol. The van der Waals surface area contributed by atoms with Crippen LogP contribution in [-0.2, 0) is 4.79 Å². The molecule has 1 heterocycles. The molecular weight excluding hydrogens is 231 g/mol. The van der Waals surface area contributed by atoms with Crippen molar-refractivity contribution >= 4 is 5.91 Å². The summed E-state index contributed by atoms with van der Waals surface area (Å²) in [5.74, 6) is -0.0142. The first-order valence-electron chi connectivity index (χ1n) is 6.56. The van der Waals surface area contributed by atoms with E-state index in [1.54, 1.807) is 12.1 Å². The van der Waals surface area contributed by atoms with Gasteiger partial charge in [0.1, 0.15) is 12.0 Å². The molecule has 1 amide bonds. The van der Waals surface area contributed by atoms with Crippen molar-refractivity contribution in [3.05, 3.63) is 35.6 Å². The number of benzene rings is 1. The molecule has 1 aromatic carbocycles. The van der Waals surface area contributed by atoms with Gasteiger partial charge in [0.15, 0.2) is 0 Å². The number of amides is 1. The van der Waals surface area contributed by atoms with Gasteiger partial charge in [-0.25, -0.2) is 4.39 Å². The van der Waals surface area contributed by atoms with Gasteiger partial charge in [0.05, 0.1) is 5.92 Å². The maximum Gasteiger partial charge on any atom is 0.226 e. The van der Waals surface area contributed by atoms with Crippen molar-refractivity contribution in [1.29, 1.82) is 0 Å². The second-order valence-corrected chi connectivity index (χ2v) is 5.16. The highest BCUT2D eigenvalue weighted by Crippen LogP contribution is 2.30. The Labute approximate surface area is 106 Å². The molecule has 96 valence electrons. The molecule has 1 aliphatic carbocycles. The molecule has 1 saturated carbocycles. The van der Waals surface area contributed by atoms with Crippen molar-refractivity contribution < 1.29 is 9.18 Å². The smallest absolute Gasteiger partial charge is 0.226 e. The molecule has 3 unspecified atom stereocenters. The molecule has 3 rings (SSSR count). The molecule has 1 aliphatic heterocycles. The molecule has 0 bridgehead atoms. The highest BCUT2D eigenvalue weighted by Gasteiger charge is 2.37. The summed E-state index contributed by atoms with van der Waals surface area (Å²) in [5.41, 5.74) is 0.911. The van der Waals surface area contributed by atoms with Gasteiger partial charge in [0.25, 0.3) is 0 Å². The van der Waals surface area contributed by atoms with Crippen molar-refractivity contribution in [2.24, 2.45) is 5.92 Å². The Morgan fingerprint density at radius 3 is 2.61 bits per heavy atom. The molecule has 2 aliphatic rings. The normalized spacial score (nSPS) is 31.6. The van der Waals surface area contributed by atoms with E-state index in [0.29, 0.717) is 0 Å². The highest BCUT2D eigenvalue weighted by molar-refractivity contribution is 5.80. The third kappa shape index (κ3) is 2.12. The van der Waals surface area contributed by atoms with Crippen molar-refractivity contribution in [2.75, 3.05) is 0 Å². The number of rotatable bonds is 1. The van der Waals surface area contributed by atoms with Crippen LogP contribution in [0, 0.1) is 11.7 Å². The van der Waals surface area contributed by atoms with Crippen LogP contribution in [0.3, 0.4) is 0 Å². The molecule has 2 fully saturated rings. The van der Waals surface area contributed by atoms with Crippen molar-refractivity contribution in [1.82, 2.24) is 10.6 Å². The Hall–Kier alpha value is -1.42. The van der Waals surface area contributed by atoms with E-state index in [1.165, 1.54) is 18.6 Å². The topological polar surface area (TPSA) is 41.1 Å². The van der Waals surface area contributed by atoms with E-state index in [1.807, 2.05) is 0 Å². The summed E-state index contributed by atoms with van der Waals surface area (Å²) >= 11 is 0.